The Kier molecular flexibility index (Phi) is 7.50. The van der Waals surface area contributed by atoms with Gasteiger partial charge in [-0.2, -0.15) is 0 Å². The predicted octanol–water partition coefficient (Wildman–Crippen LogP) is 4.35. The third-order valence-corrected chi connectivity index (χ3v) is 7.72. The van der Waals surface area contributed by atoms with E-state index in [1.165, 1.54) is 32.9 Å². The van der Waals surface area contributed by atoms with Crippen molar-refractivity contribution in [3.63, 3.8) is 0 Å². The van der Waals surface area contributed by atoms with E-state index in [9.17, 15) is 9.59 Å². The maximum atomic E-state index is 12.4. The minimum atomic E-state index is -0.201. The van der Waals surface area contributed by atoms with E-state index in [-0.39, 0.29) is 17.6 Å². The molecule has 0 saturated heterocycles. The zero-order valence-electron chi connectivity index (χ0n) is 18.4. The zero-order chi connectivity index (χ0) is 22.7. The number of anilines is 1. The van der Waals surface area contributed by atoms with Crippen LogP contribution in [-0.4, -0.2) is 56.3 Å². The van der Waals surface area contributed by atoms with Crippen molar-refractivity contribution in [3.05, 3.63) is 26.9 Å². The first-order valence-electron chi connectivity index (χ1n) is 9.85. The number of nitrogens with one attached hydrogen (secondary N) is 1. The molecule has 1 N–H and O–H groups in total. The number of thioether (sulfide) groups is 1. The highest BCUT2D eigenvalue weighted by molar-refractivity contribution is 7.99. The first kappa shape index (κ1) is 23.4. The lowest BCUT2D eigenvalue weighted by atomic mass is 10.1. The number of nitrogens with zero attached hydrogens (tertiary/aromatic N) is 5. The third kappa shape index (κ3) is 5.34. The Morgan fingerprint density at radius 2 is 2.03 bits per heavy atom. The summed E-state index contributed by atoms with van der Waals surface area (Å²) >= 11 is 4.24. The highest BCUT2D eigenvalue weighted by atomic mass is 32.2. The molecule has 3 heterocycles. The van der Waals surface area contributed by atoms with Gasteiger partial charge in [0.1, 0.15) is 4.88 Å². The van der Waals surface area contributed by atoms with E-state index < -0.39 is 0 Å². The molecule has 0 bridgehead atoms. The van der Waals surface area contributed by atoms with Crippen LogP contribution in [0.4, 0.5) is 5.13 Å². The Bertz CT molecular complexity index is 1080. The molecule has 0 aliphatic heterocycles. The smallest absolute Gasteiger partial charge is 0.265 e. The fourth-order valence-electron chi connectivity index (χ4n) is 2.80. The number of rotatable bonds is 8. The van der Waals surface area contributed by atoms with Crippen molar-refractivity contribution in [2.24, 2.45) is 0 Å². The molecule has 0 radical (unpaired) electrons. The van der Waals surface area contributed by atoms with Crippen LogP contribution in [0.1, 0.15) is 46.9 Å². The van der Waals surface area contributed by atoms with E-state index in [2.05, 4.69) is 45.8 Å². The first-order valence-corrected chi connectivity index (χ1v) is 12.5. The second kappa shape index (κ2) is 9.92. The summed E-state index contributed by atoms with van der Waals surface area (Å²) in [4.78, 5) is 32.2. The average molecular weight is 479 g/mol. The van der Waals surface area contributed by atoms with E-state index in [1.807, 2.05) is 11.5 Å². The Balaban J connectivity index is 1.66. The van der Waals surface area contributed by atoms with Crippen LogP contribution in [0.15, 0.2) is 16.6 Å². The van der Waals surface area contributed by atoms with Crippen LogP contribution >= 0.6 is 34.4 Å². The van der Waals surface area contributed by atoms with E-state index in [4.69, 9.17) is 0 Å². The van der Waals surface area contributed by atoms with Gasteiger partial charge < -0.3 is 14.8 Å². The Hall–Kier alpha value is -2.24. The molecule has 0 fully saturated rings. The summed E-state index contributed by atoms with van der Waals surface area (Å²) in [5.41, 5.74) is 1.66. The second-order valence-electron chi connectivity index (χ2n) is 7.41. The van der Waals surface area contributed by atoms with Crippen molar-refractivity contribution in [1.82, 2.24) is 24.6 Å². The molecular weight excluding hydrogens is 452 g/mol. The lowest BCUT2D eigenvalue weighted by Crippen LogP contribution is -2.21. The van der Waals surface area contributed by atoms with Crippen molar-refractivity contribution >= 4 is 51.4 Å². The summed E-state index contributed by atoms with van der Waals surface area (Å²) in [6, 6.07) is 2.16. The molecule has 0 aliphatic carbocycles. The van der Waals surface area contributed by atoms with Crippen molar-refractivity contribution in [2.75, 3.05) is 25.2 Å². The summed E-state index contributed by atoms with van der Waals surface area (Å²) in [5.74, 6) is 1.14. The number of aromatic nitrogens is 4. The molecule has 166 valence electrons. The molecule has 0 saturated carbocycles. The van der Waals surface area contributed by atoms with Gasteiger partial charge in [0, 0.05) is 36.5 Å². The van der Waals surface area contributed by atoms with Gasteiger partial charge in [-0.25, -0.2) is 4.98 Å². The molecule has 0 unspecified atom stereocenters. The standard InChI is InChI=1S/C20H26N6O2S3/c1-7-26-17(13-8-14(11(2)3)29-9-13)23-24-20(26)30-10-15(27)22-19-21-12(4)16(31-19)18(28)25(5)6/h8-9,11H,7,10H2,1-6H3,(H,21,22,27). The Morgan fingerprint density at radius 1 is 1.29 bits per heavy atom. The van der Waals surface area contributed by atoms with Crippen molar-refractivity contribution < 1.29 is 9.59 Å². The number of amides is 2. The van der Waals surface area contributed by atoms with Crippen LogP contribution < -0.4 is 5.32 Å². The van der Waals surface area contributed by atoms with Gasteiger partial charge >= 0.3 is 0 Å². The maximum absolute atomic E-state index is 12.4. The highest BCUT2D eigenvalue weighted by Gasteiger charge is 2.19. The fraction of sp³-hybridized carbons (Fsp3) is 0.450. The van der Waals surface area contributed by atoms with E-state index >= 15 is 0 Å². The van der Waals surface area contributed by atoms with Gasteiger partial charge in [0.15, 0.2) is 16.1 Å². The predicted molar refractivity (Wildman–Crippen MR) is 127 cm³/mol. The summed E-state index contributed by atoms with van der Waals surface area (Å²) in [7, 11) is 3.38. The molecule has 3 aromatic rings. The monoisotopic (exact) mass is 478 g/mol. The lowest BCUT2D eigenvalue weighted by molar-refractivity contribution is -0.113. The second-order valence-corrected chi connectivity index (χ2v) is 10.3. The van der Waals surface area contributed by atoms with Crippen LogP contribution in [0.5, 0.6) is 0 Å². The van der Waals surface area contributed by atoms with Gasteiger partial charge in [0.2, 0.25) is 5.91 Å². The number of hydrogen-bond acceptors (Lipinski definition) is 8. The van der Waals surface area contributed by atoms with Crippen molar-refractivity contribution in [2.45, 2.75) is 45.3 Å². The summed E-state index contributed by atoms with van der Waals surface area (Å²) < 4.78 is 2.02. The van der Waals surface area contributed by atoms with Crippen LogP contribution in [0.2, 0.25) is 0 Å². The number of thiophene rings is 1. The molecule has 0 spiro atoms. The summed E-state index contributed by atoms with van der Waals surface area (Å²) in [6.07, 6.45) is 0. The topological polar surface area (TPSA) is 93.0 Å². The van der Waals surface area contributed by atoms with Crippen LogP contribution in [-0.2, 0) is 11.3 Å². The largest absolute Gasteiger partial charge is 0.344 e. The normalized spacial score (nSPS) is 11.2. The Labute approximate surface area is 194 Å². The molecule has 3 rings (SSSR count). The molecule has 0 aromatic carbocycles. The van der Waals surface area contributed by atoms with Gasteiger partial charge in [-0.3, -0.25) is 9.59 Å². The van der Waals surface area contributed by atoms with Crippen molar-refractivity contribution in [1.29, 1.82) is 0 Å². The Morgan fingerprint density at radius 3 is 2.65 bits per heavy atom. The quantitative estimate of drug-likeness (QED) is 0.484. The van der Waals surface area contributed by atoms with Gasteiger partial charge in [-0.05, 0) is 25.8 Å². The zero-order valence-corrected chi connectivity index (χ0v) is 20.9. The van der Waals surface area contributed by atoms with E-state index in [0.717, 1.165) is 11.4 Å². The molecule has 2 amide bonds. The molecule has 31 heavy (non-hydrogen) atoms. The number of carbonyl (C=O) groups is 2. The average Bonchev–Trinajstić information content (AvgIpc) is 3.43. The maximum Gasteiger partial charge on any atom is 0.265 e. The van der Waals surface area contributed by atoms with Crippen LogP contribution in [0.3, 0.4) is 0 Å². The number of aryl methyl sites for hydroxylation is 1. The lowest BCUT2D eigenvalue weighted by Gasteiger charge is -2.07. The van der Waals surface area contributed by atoms with Gasteiger partial charge in [-0.15, -0.1) is 21.5 Å². The molecule has 0 aliphatic rings. The van der Waals surface area contributed by atoms with Crippen molar-refractivity contribution in [3.8, 4) is 11.4 Å². The SMILES string of the molecule is CCn1c(SCC(=O)Nc2nc(C)c(C(=O)N(C)C)s2)nnc1-c1csc(C(C)C)c1. The summed E-state index contributed by atoms with van der Waals surface area (Å²) in [6.45, 7) is 8.85. The van der Waals surface area contributed by atoms with Gasteiger partial charge in [0.05, 0.1) is 11.4 Å². The number of thiazole rings is 1. The first-order chi connectivity index (χ1) is 14.7. The van der Waals surface area contributed by atoms with Crippen LogP contribution in [0, 0.1) is 6.92 Å². The third-order valence-electron chi connectivity index (χ3n) is 4.46. The van der Waals surface area contributed by atoms with E-state index in [1.54, 1.807) is 32.4 Å². The fourth-order valence-corrected chi connectivity index (χ4v) is 5.51. The minimum Gasteiger partial charge on any atom is -0.344 e. The van der Waals surface area contributed by atoms with E-state index in [0.29, 0.717) is 33.3 Å². The number of hydrogen-bond donors (Lipinski definition) is 1. The minimum absolute atomic E-state index is 0.123. The number of carbonyl (C=O) groups excluding carboxylic acids is 2. The molecule has 3 aromatic heterocycles. The molecule has 0 atom stereocenters. The molecular formula is C20H26N6O2S3. The van der Waals surface area contributed by atoms with Gasteiger partial charge in [0.25, 0.3) is 5.91 Å². The van der Waals surface area contributed by atoms with Gasteiger partial charge in [-0.1, -0.05) is 36.9 Å². The van der Waals surface area contributed by atoms with Crippen LogP contribution in [0.25, 0.3) is 11.4 Å². The summed E-state index contributed by atoms with van der Waals surface area (Å²) in [5, 5.41) is 14.7. The highest BCUT2D eigenvalue weighted by Crippen LogP contribution is 2.31. The molecule has 8 nitrogen and oxygen atoms in total. The molecule has 11 heteroatoms.